The minimum Gasteiger partial charge on any atom is -0.396 e. The van der Waals surface area contributed by atoms with Gasteiger partial charge in [0, 0.05) is 24.6 Å². The maximum atomic E-state index is 12.0. The normalized spacial score (nSPS) is 19.9. The van der Waals surface area contributed by atoms with Gasteiger partial charge in [-0.15, -0.1) is 0 Å². The lowest BCUT2D eigenvalue weighted by molar-refractivity contribution is 0.0944. The van der Waals surface area contributed by atoms with E-state index >= 15 is 0 Å². The summed E-state index contributed by atoms with van der Waals surface area (Å²) < 4.78 is 0. The van der Waals surface area contributed by atoms with Crippen molar-refractivity contribution in [1.29, 1.82) is 0 Å². The third-order valence-electron chi connectivity index (χ3n) is 4.16. The number of hydrogen-bond donors (Lipinski definition) is 1. The van der Waals surface area contributed by atoms with Gasteiger partial charge in [0.1, 0.15) is 0 Å². The van der Waals surface area contributed by atoms with E-state index in [2.05, 4.69) is 4.90 Å². The number of likely N-dealkylation sites (tertiary alicyclic amines) is 1. The quantitative estimate of drug-likeness (QED) is 0.778. The van der Waals surface area contributed by atoms with Crippen molar-refractivity contribution in [3.05, 3.63) is 35.9 Å². The zero-order valence-electron chi connectivity index (χ0n) is 12.1. The predicted molar refractivity (Wildman–Crippen MR) is 80.9 cm³/mol. The number of piperidine rings is 1. The Bertz CT molecular complexity index is 403. The Hall–Kier alpha value is -1.19. The smallest absolute Gasteiger partial charge is 0.162 e. The van der Waals surface area contributed by atoms with E-state index in [1.807, 2.05) is 30.3 Å². The molecule has 0 aromatic heterocycles. The second kappa shape index (κ2) is 8.18. The SMILES string of the molecule is O=C(CCCN1CCCCC1CCO)c1ccccc1. The molecule has 0 aliphatic carbocycles. The molecular weight excluding hydrogens is 250 g/mol. The van der Waals surface area contributed by atoms with Gasteiger partial charge in [0.2, 0.25) is 0 Å². The first-order valence-corrected chi connectivity index (χ1v) is 7.74. The first-order chi connectivity index (χ1) is 9.81. The second-order valence-electron chi connectivity index (χ2n) is 5.59. The summed E-state index contributed by atoms with van der Waals surface area (Å²) in [6.07, 6.45) is 6.10. The van der Waals surface area contributed by atoms with E-state index in [1.54, 1.807) is 0 Å². The van der Waals surface area contributed by atoms with Crippen molar-refractivity contribution in [2.45, 2.75) is 44.6 Å². The number of aliphatic hydroxyl groups is 1. The topological polar surface area (TPSA) is 40.5 Å². The summed E-state index contributed by atoms with van der Waals surface area (Å²) >= 11 is 0. The maximum Gasteiger partial charge on any atom is 0.162 e. The monoisotopic (exact) mass is 275 g/mol. The summed E-state index contributed by atoms with van der Waals surface area (Å²) in [5.74, 6) is 0.237. The molecule has 1 fully saturated rings. The number of nitrogens with zero attached hydrogens (tertiary/aromatic N) is 1. The number of hydrogen-bond acceptors (Lipinski definition) is 3. The summed E-state index contributed by atoms with van der Waals surface area (Å²) in [6.45, 7) is 2.36. The molecule has 1 heterocycles. The Balaban J connectivity index is 1.75. The Morgan fingerprint density at radius 2 is 2.05 bits per heavy atom. The molecule has 1 N–H and O–H groups in total. The van der Waals surface area contributed by atoms with Crippen LogP contribution in [0.3, 0.4) is 0 Å². The standard InChI is InChI=1S/C17H25NO2/c19-14-11-16-9-4-5-12-18(16)13-6-10-17(20)15-7-2-1-3-8-15/h1-3,7-8,16,19H,4-6,9-14H2. The Morgan fingerprint density at radius 1 is 1.25 bits per heavy atom. The van der Waals surface area contributed by atoms with Crippen molar-refractivity contribution in [2.24, 2.45) is 0 Å². The van der Waals surface area contributed by atoms with Crippen LogP contribution in [0, 0.1) is 0 Å². The molecule has 2 rings (SSSR count). The fourth-order valence-corrected chi connectivity index (χ4v) is 3.04. The minimum absolute atomic E-state index is 0.237. The van der Waals surface area contributed by atoms with E-state index in [9.17, 15) is 4.79 Å². The van der Waals surface area contributed by atoms with Gasteiger partial charge >= 0.3 is 0 Å². The van der Waals surface area contributed by atoms with E-state index < -0.39 is 0 Å². The molecule has 3 heteroatoms. The van der Waals surface area contributed by atoms with Gasteiger partial charge in [0.05, 0.1) is 0 Å². The van der Waals surface area contributed by atoms with E-state index in [0.29, 0.717) is 12.5 Å². The van der Waals surface area contributed by atoms with E-state index in [0.717, 1.165) is 31.5 Å². The van der Waals surface area contributed by atoms with Crippen molar-refractivity contribution in [2.75, 3.05) is 19.7 Å². The fourth-order valence-electron chi connectivity index (χ4n) is 3.04. The van der Waals surface area contributed by atoms with Crippen LogP contribution < -0.4 is 0 Å². The van der Waals surface area contributed by atoms with Gasteiger partial charge in [0.15, 0.2) is 5.78 Å². The Labute approximate surface area is 121 Å². The van der Waals surface area contributed by atoms with Gasteiger partial charge in [-0.05, 0) is 38.8 Å². The Kier molecular flexibility index (Phi) is 6.22. The molecule has 0 radical (unpaired) electrons. The minimum atomic E-state index is 0.237. The van der Waals surface area contributed by atoms with Gasteiger partial charge < -0.3 is 10.0 Å². The highest BCUT2D eigenvalue weighted by Crippen LogP contribution is 2.20. The van der Waals surface area contributed by atoms with Crippen molar-refractivity contribution >= 4 is 5.78 Å². The van der Waals surface area contributed by atoms with Gasteiger partial charge in [0.25, 0.3) is 0 Å². The first kappa shape index (κ1) is 15.2. The summed E-state index contributed by atoms with van der Waals surface area (Å²) in [7, 11) is 0. The van der Waals surface area contributed by atoms with Gasteiger partial charge in [-0.2, -0.15) is 0 Å². The number of carbonyl (C=O) groups is 1. The van der Waals surface area contributed by atoms with Crippen molar-refractivity contribution in [1.82, 2.24) is 4.90 Å². The van der Waals surface area contributed by atoms with Gasteiger partial charge in [-0.1, -0.05) is 36.8 Å². The zero-order chi connectivity index (χ0) is 14.2. The van der Waals surface area contributed by atoms with Crippen molar-refractivity contribution in [3.8, 4) is 0 Å². The van der Waals surface area contributed by atoms with E-state index in [1.165, 1.54) is 19.3 Å². The molecule has 0 amide bonds. The number of Topliss-reactive ketones (excluding diaryl/α,β-unsaturated/α-hetero) is 1. The second-order valence-corrected chi connectivity index (χ2v) is 5.59. The molecule has 1 aliphatic heterocycles. The van der Waals surface area contributed by atoms with Crippen LogP contribution in [-0.4, -0.2) is 41.5 Å². The van der Waals surface area contributed by atoms with Crippen LogP contribution in [0.2, 0.25) is 0 Å². The van der Waals surface area contributed by atoms with Crippen LogP contribution in [0.1, 0.15) is 48.9 Å². The van der Waals surface area contributed by atoms with Crippen LogP contribution in [0.15, 0.2) is 30.3 Å². The van der Waals surface area contributed by atoms with Gasteiger partial charge in [-0.25, -0.2) is 0 Å². The van der Waals surface area contributed by atoms with Crippen LogP contribution in [0.25, 0.3) is 0 Å². The third-order valence-corrected chi connectivity index (χ3v) is 4.16. The number of aliphatic hydroxyl groups excluding tert-OH is 1. The van der Waals surface area contributed by atoms with E-state index in [4.69, 9.17) is 5.11 Å². The largest absolute Gasteiger partial charge is 0.396 e. The van der Waals surface area contributed by atoms with Crippen LogP contribution in [0.5, 0.6) is 0 Å². The zero-order valence-corrected chi connectivity index (χ0v) is 12.1. The third kappa shape index (κ3) is 4.43. The highest BCUT2D eigenvalue weighted by molar-refractivity contribution is 5.95. The lowest BCUT2D eigenvalue weighted by Crippen LogP contribution is -2.40. The molecule has 110 valence electrons. The molecule has 1 aromatic rings. The maximum absolute atomic E-state index is 12.0. The Morgan fingerprint density at radius 3 is 2.80 bits per heavy atom. The molecule has 20 heavy (non-hydrogen) atoms. The van der Waals surface area contributed by atoms with E-state index in [-0.39, 0.29) is 12.4 Å². The molecule has 0 bridgehead atoms. The number of benzene rings is 1. The van der Waals surface area contributed by atoms with Crippen molar-refractivity contribution < 1.29 is 9.90 Å². The number of carbonyl (C=O) groups excluding carboxylic acids is 1. The predicted octanol–water partition coefficient (Wildman–Crippen LogP) is 2.89. The molecule has 0 saturated carbocycles. The van der Waals surface area contributed by atoms with Crippen LogP contribution in [0.4, 0.5) is 0 Å². The molecule has 3 nitrogen and oxygen atoms in total. The summed E-state index contributed by atoms with van der Waals surface area (Å²) in [4.78, 5) is 14.5. The molecule has 1 atom stereocenters. The number of ketones is 1. The highest BCUT2D eigenvalue weighted by Gasteiger charge is 2.21. The molecule has 1 aliphatic rings. The summed E-state index contributed by atoms with van der Waals surface area (Å²) in [6, 6.07) is 10.0. The average molecular weight is 275 g/mol. The lowest BCUT2D eigenvalue weighted by Gasteiger charge is -2.35. The molecule has 1 aromatic carbocycles. The summed E-state index contributed by atoms with van der Waals surface area (Å²) in [5.41, 5.74) is 0.818. The fraction of sp³-hybridized carbons (Fsp3) is 0.588. The van der Waals surface area contributed by atoms with Crippen molar-refractivity contribution in [3.63, 3.8) is 0 Å². The average Bonchev–Trinajstić information content (AvgIpc) is 2.50. The molecule has 0 spiro atoms. The molecule has 1 saturated heterocycles. The van der Waals surface area contributed by atoms with Gasteiger partial charge in [-0.3, -0.25) is 4.79 Å². The highest BCUT2D eigenvalue weighted by atomic mass is 16.3. The van der Waals surface area contributed by atoms with Crippen LogP contribution >= 0.6 is 0 Å². The molecular formula is C17H25NO2. The lowest BCUT2D eigenvalue weighted by atomic mass is 9.99. The molecule has 1 unspecified atom stereocenters. The summed E-state index contributed by atoms with van der Waals surface area (Å²) in [5, 5.41) is 9.12. The number of rotatable bonds is 7. The van der Waals surface area contributed by atoms with Crippen LogP contribution in [-0.2, 0) is 0 Å². The first-order valence-electron chi connectivity index (χ1n) is 7.74.